The number of hydrogen-bond acceptors (Lipinski definition) is 7. The van der Waals surface area contributed by atoms with Crippen molar-refractivity contribution in [3.05, 3.63) is 114 Å². The van der Waals surface area contributed by atoms with Gasteiger partial charge in [-0.1, -0.05) is 67.2 Å². The lowest BCUT2D eigenvalue weighted by atomic mass is 10.0. The number of carbonyl (C=O) groups is 1. The lowest BCUT2D eigenvalue weighted by Gasteiger charge is -2.26. The molecule has 40 heavy (non-hydrogen) atoms. The molecule has 0 unspecified atom stereocenters. The highest BCUT2D eigenvalue weighted by atomic mass is 16.1. The average molecular weight is 533 g/mol. The van der Waals surface area contributed by atoms with E-state index in [9.17, 15) is 4.79 Å². The van der Waals surface area contributed by atoms with E-state index >= 15 is 0 Å². The van der Waals surface area contributed by atoms with Crippen molar-refractivity contribution in [3.63, 3.8) is 0 Å². The van der Waals surface area contributed by atoms with Crippen LogP contribution in [0.2, 0.25) is 0 Å². The predicted molar refractivity (Wildman–Crippen MR) is 161 cm³/mol. The van der Waals surface area contributed by atoms with Crippen molar-refractivity contribution in [2.45, 2.75) is 38.5 Å². The van der Waals surface area contributed by atoms with Crippen LogP contribution >= 0.6 is 0 Å². The van der Waals surface area contributed by atoms with Crippen LogP contribution in [-0.4, -0.2) is 51.9 Å². The fraction of sp³-hybridized carbons (Fsp3) is 0.303. The van der Waals surface area contributed by atoms with Crippen LogP contribution in [0.3, 0.4) is 0 Å². The van der Waals surface area contributed by atoms with Crippen molar-refractivity contribution >= 4 is 23.3 Å². The summed E-state index contributed by atoms with van der Waals surface area (Å²) in [5.41, 5.74) is 4.27. The molecule has 7 heteroatoms. The molecular formula is C33H36N6O. The van der Waals surface area contributed by atoms with Crippen molar-refractivity contribution in [3.8, 4) is 0 Å². The zero-order valence-electron chi connectivity index (χ0n) is 23.0. The molecule has 2 aliphatic heterocycles. The van der Waals surface area contributed by atoms with E-state index in [1.165, 1.54) is 38.5 Å². The zero-order valence-corrected chi connectivity index (χ0v) is 23.0. The summed E-state index contributed by atoms with van der Waals surface area (Å²) in [6.45, 7) is 8.29. The maximum atomic E-state index is 12.2. The molecule has 2 saturated heterocycles. The molecule has 0 amide bonds. The van der Waals surface area contributed by atoms with Crippen molar-refractivity contribution < 1.29 is 4.79 Å². The van der Waals surface area contributed by atoms with Crippen LogP contribution in [0.5, 0.6) is 0 Å². The van der Waals surface area contributed by atoms with E-state index in [2.05, 4.69) is 48.4 Å². The Morgan fingerprint density at radius 3 is 1.38 bits per heavy atom. The summed E-state index contributed by atoms with van der Waals surface area (Å²) in [5.74, 6) is 1.54. The van der Waals surface area contributed by atoms with Crippen molar-refractivity contribution in [1.29, 1.82) is 0 Å². The number of hydrogen-bond donors (Lipinski definition) is 0. The Labute approximate surface area is 236 Å². The Balaban J connectivity index is 0.000000161. The van der Waals surface area contributed by atoms with Gasteiger partial charge in [-0.05, 0) is 49.7 Å². The third-order valence-corrected chi connectivity index (χ3v) is 7.32. The molecule has 0 aliphatic carbocycles. The average Bonchev–Trinajstić information content (AvgIpc) is 3.06. The molecular weight excluding hydrogens is 496 g/mol. The van der Waals surface area contributed by atoms with Gasteiger partial charge in [0.25, 0.3) is 0 Å². The first-order valence-corrected chi connectivity index (χ1v) is 14.2. The number of ketones is 1. The van der Waals surface area contributed by atoms with Crippen LogP contribution < -0.4 is 9.80 Å². The zero-order chi connectivity index (χ0) is 27.6. The third-order valence-electron chi connectivity index (χ3n) is 7.32. The van der Waals surface area contributed by atoms with Crippen LogP contribution in [0.15, 0.2) is 92.0 Å². The molecule has 4 heterocycles. The highest BCUT2D eigenvalue weighted by molar-refractivity contribution is 6.08. The van der Waals surface area contributed by atoms with E-state index in [-0.39, 0.29) is 5.78 Å². The number of piperidine rings is 2. The van der Waals surface area contributed by atoms with Gasteiger partial charge in [-0.15, -0.1) is 0 Å². The first-order chi connectivity index (χ1) is 19.7. The Bertz CT molecular complexity index is 1250. The quantitative estimate of drug-likeness (QED) is 0.273. The first kappa shape index (κ1) is 27.2. The Morgan fingerprint density at radius 2 is 0.925 bits per heavy atom. The lowest BCUT2D eigenvalue weighted by molar-refractivity contribution is 0.103. The first-order valence-electron chi connectivity index (χ1n) is 14.2. The Morgan fingerprint density at radius 1 is 0.525 bits per heavy atom. The lowest BCUT2D eigenvalue weighted by Crippen LogP contribution is -2.31. The maximum absolute atomic E-state index is 12.2. The van der Waals surface area contributed by atoms with Crippen molar-refractivity contribution in [2.75, 3.05) is 36.0 Å². The summed E-state index contributed by atoms with van der Waals surface area (Å²) in [6.07, 6.45) is 14.5. The van der Waals surface area contributed by atoms with E-state index in [0.29, 0.717) is 11.1 Å². The van der Waals surface area contributed by atoms with Gasteiger partial charge in [0.1, 0.15) is 0 Å². The van der Waals surface area contributed by atoms with E-state index in [1.54, 1.807) is 24.5 Å². The fourth-order valence-corrected chi connectivity index (χ4v) is 4.99. The minimum atomic E-state index is -0.0317. The summed E-state index contributed by atoms with van der Waals surface area (Å²) < 4.78 is 0. The van der Waals surface area contributed by atoms with Crippen LogP contribution in [0.25, 0.3) is 5.57 Å². The normalized spacial score (nSPS) is 15.1. The molecule has 4 aromatic rings. The van der Waals surface area contributed by atoms with E-state index in [1.807, 2.05) is 48.8 Å². The molecule has 7 nitrogen and oxygen atoms in total. The fourth-order valence-electron chi connectivity index (χ4n) is 4.99. The third kappa shape index (κ3) is 6.97. The van der Waals surface area contributed by atoms with Crippen LogP contribution in [0, 0.1) is 0 Å². The molecule has 2 fully saturated rings. The van der Waals surface area contributed by atoms with Crippen LogP contribution in [-0.2, 0) is 0 Å². The minimum absolute atomic E-state index is 0.0317. The second-order valence-corrected chi connectivity index (χ2v) is 10.2. The van der Waals surface area contributed by atoms with Gasteiger partial charge in [0, 0.05) is 62.1 Å². The minimum Gasteiger partial charge on any atom is -0.341 e. The van der Waals surface area contributed by atoms with Gasteiger partial charge in [-0.25, -0.2) is 19.9 Å². The van der Waals surface area contributed by atoms with Gasteiger partial charge in [0.05, 0.1) is 5.56 Å². The largest absolute Gasteiger partial charge is 0.341 e. The molecule has 0 N–H and O–H groups in total. The predicted octanol–water partition coefficient (Wildman–Crippen LogP) is 6.23. The molecule has 0 bridgehead atoms. The summed E-state index contributed by atoms with van der Waals surface area (Å²) in [5, 5.41) is 0. The van der Waals surface area contributed by atoms with Gasteiger partial charge in [-0.2, -0.15) is 0 Å². The number of nitrogens with zero attached hydrogens (tertiary/aromatic N) is 6. The maximum Gasteiger partial charge on any atom is 0.225 e. The van der Waals surface area contributed by atoms with Crippen molar-refractivity contribution in [1.82, 2.24) is 19.9 Å². The molecule has 2 aliphatic rings. The molecule has 6 rings (SSSR count). The molecule has 0 radical (unpaired) electrons. The number of anilines is 2. The highest BCUT2D eigenvalue weighted by Crippen LogP contribution is 2.22. The number of benzene rings is 2. The Hall–Kier alpha value is -4.39. The van der Waals surface area contributed by atoms with Gasteiger partial charge >= 0.3 is 0 Å². The van der Waals surface area contributed by atoms with Crippen LogP contribution in [0.4, 0.5) is 11.9 Å². The molecule has 0 atom stereocenters. The smallest absolute Gasteiger partial charge is 0.225 e. The van der Waals surface area contributed by atoms with Gasteiger partial charge in [0.15, 0.2) is 5.78 Å². The van der Waals surface area contributed by atoms with E-state index in [0.717, 1.165) is 54.8 Å². The number of aromatic nitrogens is 4. The van der Waals surface area contributed by atoms with Crippen LogP contribution in [0.1, 0.15) is 65.6 Å². The van der Waals surface area contributed by atoms with Gasteiger partial charge in [0.2, 0.25) is 11.9 Å². The highest BCUT2D eigenvalue weighted by Gasteiger charge is 2.16. The van der Waals surface area contributed by atoms with E-state index in [4.69, 9.17) is 0 Å². The molecule has 2 aromatic heterocycles. The summed E-state index contributed by atoms with van der Waals surface area (Å²) in [6, 6.07) is 19.4. The molecule has 0 saturated carbocycles. The van der Waals surface area contributed by atoms with Gasteiger partial charge in [-0.3, -0.25) is 4.79 Å². The standard InChI is InChI=1S/C17H19N3.C16H17N3O/c1-14(15-8-4-2-5-9-15)16-12-18-17(19-13-16)20-10-6-3-7-11-20;20-15(13-7-3-1-4-8-13)14-11-17-16(18-12-14)19-9-5-2-6-10-19/h2,4-5,8-9,12-13H,1,3,6-7,10-11H2;1,3-4,7-8,11-12H,2,5-6,9-10H2. The summed E-state index contributed by atoms with van der Waals surface area (Å²) >= 11 is 0. The van der Waals surface area contributed by atoms with E-state index < -0.39 is 0 Å². The molecule has 2 aromatic carbocycles. The topological polar surface area (TPSA) is 75.1 Å². The molecule has 204 valence electrons. The second kappa shape index (κ2) is 13.6. The summed E-state index contributed by atoms with van der Waals surface area (Å²) in [7, 11) is 0. The second-order valence-electron chi connectivity index (χ2n) is 10.2. The monoisotopic (exact) mass is 532 g/mol. The number of carbonyl (C=O) groups excluding carboxylic acids is 1. The summed E-state index contributed by atoms with van der Waals surface area (Å²) in [4.78, 5) is 34.4. The molecule has 0 spiro atoms. The number of rotatable bonds is 6. The Kier molecular flexibility index (Phi) is 9.25. The van der Waals surface area contributed by atoms with Crippen molar-refractivity contribution in [2.24, 2.45) is 0 Å². The SMILES string of the molecule is C=C(c1ccccc1)c1cnc(N2CCCCC2)nc1.O=C(c1ccccc1)c1cnc(N2CCCCC2)nc1. The van der Waals surface area contributed by atoms with Gasteiger partial charge < -0.3 is 9.80 Å².